The lowest BCUT2D eigenvalue weighted by molar-refractivity contribution is -0.141. The number of esters is 1. The largest absolute Gasteiger partial charge is 0.481 e. The van der Waals surface area contributed by atoms with E-state index in [1.54, 1.807) is 0 Å². The molecule has 1 unspecified atom stereocenters. The summed E-state index contributed by atoms with van der Waals surface area (Å²) < 4.78 is 4.37. The molecule has 0 aliphatic heterocycles. The highest BCUT2D eigenvalue weighted by atomic mass is 16.5. The summed E-state index contributed by atoms with van der Waals surface area (Å²) in [6.45, 7) is 1.68. The van der Waals surface area contributed by atoms with Crippen LogP contribution in [0.3, 0.4) is 0 Å². The molecule has 0 aromatic heterocycles. The highest BCUT2D eigenvalue weighted by Crippen LogP contribution is 1.90. The molecule has 3 N–H and O–H groups in total. The molecule has 0 rings (SSSR count). The van der Waals surface area contributed by atoms with Crippen LogP contribution in [0.5, 0.6) is 0 Å². The molecular formula is C9H16N2O5. The first-order valence-corrected chi connectivity index (χ1v) is 4.78. The van der Waals surface area contributed by atoms with Crippen molar-refractivity contribution in [2.24, 2.45) is 5.92 Å². The number of carbonyl (C=O) groups excluding carboxylic acids is 2. The molecule has 0 aliphatic carbocycles. The topological polar surface area (TPSA) is 105 Å². The fourth-order valence-corrected chi connectivity index (χ4v) is 0.776. The van der Waals surface area contributed by atoms with Crippen LogP contribution in [-0.2, 0) is 14.3 Å². The van der Waals surface area contributed by atoms with Gasteiger partial charge in [0.1, 0.15) is 0 Å². The summed E-state index contributed by atoms with van der Waals surface area (Å²) >= 11 is 0. The van der Waals surface area contributed by atoms with Gasteiger partial charge in [-0.2, -0.15) is 0 Å². The highest BCUT2D eigenvalue weighted by molar-refractivity contribution is 5.76. The van der Waals surface area contributed by atoms with E-state index < -0.39 is 23.9 Å². The van der Waals surface area contributed by atoms with Crippen molar-refractivity contribution in [3.63, 3.8) is 0 Å². The van der Waals surface area contributed by atoms with Crippen molar-refractivity contribution in [1.82, 2.24) is 10.6 Å². The van der Waals surface area contributed by atoms with Crippen LogP contribution in [0, 0.1) is 5.92 Å². The zero-order valence-electron chi connectivity index (χ0n) is 9.28. The van der Waals surface area contributed by atoms with E-state index >= 15 is 0 Å². The number of carboxylic acids is 1. The smallest absolute Gasteiger partial charge is 0.314 e. The molecule has 0 fully saturated rings. The molecule has 0 saturated heterocycles. The Balaban J connectivity index is 3.60. The van der Waals surface area contributed by atoms with Gasteiger partial charge >= 0.3 is 18.0 Å². The van der Waals surface area contributed by atoms with Crippen molar-refractivity contribution in [3.8, 4) is 0 Å². The first-order chi connectivity index (χ1) is 7.47. The Kier molecular flexibility index (Phi) is 6.66. The lowest BCUT2D eigenvalue weighted by atomic mass is 10.2. The minimum Gasteiger partial charge on any atom is -0.481 e. The summed E-state index contributed by atoms with van der Waals surface area (Å²) in [6.07, 6.45) is 0.0818. The van der Waals surface area contributed by atoms with Gasteiger partial charge in [-0.1, -0.05) is 6.92 Å². The molecule has 7 nitrogen and oxygen atoms in total. The van der Waals surface area contributed by atoms with E-state index in [1.807, 2.05) is 0 Å². The van der Waals surface area contributed by atoms with E-state index in [4.69, 9.17) is 5.11 Å². The van der Waals surface area contributed by atoms with Crippen LogP contribution in [0.15, 0.2) is 0 Å². The molecule has 0 spiro atoms. The van der Waals surface area contributed by atoms with E-state index in [0.29, 0.717) is 0 Å². The van der Waals surface area contributed by atoms with Gasteiger partial charge in [-0.15, -0.1) is 0 Å². The average molecular weight is 232 g/mol. The van der Waals surface area contributed by atoms with Gasteiger partial charge in [0.15, 0.2) is 0 Å². The molecule has 1 atom stereocenters. The van der Waals surface area contributed by atoms with E-state index in [2.05, 4.69) is 15.4 Å². The first-order valence-electron chi connectivity index (χ1n) is 4.78. The van der Waals surface area contributed by atoms with E-state index in [0.717, 1.165) is 0 Å². The minimum atomic E-state index is -0.977. The van der Waals surface area contributed by atoms with Gasteiger partial charge < -0.3 is 20.5 Å². The van der Waals surface area contributed by atoms with E-state index in [1.165, 1.54) is 14.0 Å². The number of urea groups is 1. The Hall–Kier alpha value is -1.79. The Morgan fingerprint density at radius 3 is 2.44 bits per heavy atom. The second-order valence-electron chi connectivity index (χ2n) is 3.20. The Morgan fingerprint density at radius 1 is 1.31 bits per heavy atom. The predicted molar refractivity (Wildman–Crippen MR) is 54.8 cm³/mol. The fraction of sp³-hybridized carbons (Fsp3) is 0.667. The number of amides is 2. The first kappa shape index (κ1) is 14.2. The molecule has 7 heteroatoms. The number of hydrogen-bond acceptors (Lipinski definition) is 4. The van der Waals surface area contributed by atoms with Gasteiger partial charge in [-0.05, 0) is 0 Å². The molecule has 0 radical (unpaired) electrons. The van der Waals surface area contributed by atoms with Crippen molar-refractivity contribution in [2.75, 3.05) is 20.2 Å². The molecule has 0 aromatic carbocycles. The molecule has 0 saturated carbocycles. The molecule has 92 valence electrons. The van der Waals surface area contributed by atoms with Crippen LogP contribution in [0.1, 0.15) is 13.3 Å². The summed E-state index contributed by atoms with van der Waals surface area (Å²) in [5.41, 5.74) is 0. The summed E-state index contributed by atoms with van der Waals surface area (Å²) in [4.78, 5) is 32.2. The summed E-state index contributed by atoms with van der Waals surface area (Å²) in [5.74, 6) is -2.04. The third kappa shape index (κ3) is 6.63. The van der Waals surface area contributed by atoms with E-state index in [9.17, 15) is 14.4 Å². The number of ether oxygens (including phenoxy) is 1. The van der Waals surface area contributed by atoms with Gasteiger partial charge in [0.05, 0.1) is 19.4 Å². The van der Waals surface area contributed by atoms with E-state index in [-0.39, 0.29) is 19.5 Å². The summed E-state index contributed by atoms with van der Waals surface area (Å²) in [5, 5.41) is 13.3. The number of methoxy groups -OCH3 is 1. The zero-order valence-corrected chi connectivity index (χ0v) is 9.28. The number of nitrogens with one attached hydrogen (secondary N) is 2. The standard InChI is InChI=1S/C9H16N2O5/c1-6(8(13)14)5-11-9(15)10-4-3-7(12)16-2/h6H,3-5H2,1-2H3,(H,13,14)(H2,10,11,15). The van der Waals surface area contributed by atoms with Crippen LogP contribution < -0.4 is 10.6 Å². The Labute approximate surface area is 93.2 Å². The highest BCUT2D eigenvalue weighted by Gasteiger charge is 2.11. The number of hydrogen-bond donors (Lipinski definition) is 3. The molecule has 0 heterocycles. The van der Waals surface area contributed by atoms with Gasteiger partial charge in [-0.25, -0.2) is 4.79 Å². The van der Waals surface area contributed by atoms with Gasteiger partial charge in [-0.3, -0.25) is 9.59 Å². The van der Waals surface area contributed by atoms with Crippen molar-refractivity contribution >= 4 is 18.0 Å². The fourth-order valence-electron chi connectivity index (χ4n) is 0.776. The van der Waals surface area contributed by atoms with Crippen molar-refractivity contribution in [3.05, 3.63) is 0 Å². The third-order valence-electron chi connectivity index (χ3n) is 1.83. The number of carbonyl (C=O) groups is 3. The SMILES string of the molecule is COC(=O)CCNC(=O)NCC(C)C(=O)O. The number of aliphatic carboxylic acids is 1. The Bertz CT molecular complexity index is 267. The monoisotopic (exact) mass is 232 g/mol. The van der Waals surface area contributed by atoms with Crippen molar-refractivity contribution in [2.45, 2.75) is 13.3 Å². The molecule has 0 bridgehead atoms. The van der Waals surface area contributed by atoms with Crippen LogP contribution in [0.2, 0.25) is 0 Å². The van der Waals surface area contributed by atoms with Gasteiger partial charge in [0.25, 0.3) is 0 Å². The molecule has 0 aromatic rings. The average Bonchev–Trinajstić information content (AvgIpc) is 2.25. The van der Waals surface area contributed by atoms with Crippen LogP contribution in [-0.4, -0.2) is 43.3 Å². The predicted octanol–water partition coefficient (Wildman–Crippen LogP) is -0.431. The molecule has 16 heavy (non-hydrogen) atoms. The lowest BCUT2D eigenvalue weighted by Crippen LogP contribution is -2.40. The number of rotatable bonds is 6. The minimum absolute atomic E-state index is 0.0411. The maximum atomic E-state index is 11.1. The molecular weight excluding hydrogens is 216 g/mol. The number of carboxylic acid groups (broad SMARTS) is 1. The molecule has 0 aliphatic rings. The summed E-state index contributed by atoms with van der Waals surface area (Å²) in [7, 11) is 1.26. The van der Waals surface area contributed by atoms with Crippen LogP contribution in [0.25, 0.3) is 0 Å². The Morgan fingerprint density at radius 2 is 1.94 bits per heavy atom. The quantitative estimate of drug-likeness (QED) is 0.539. The van der Waals surface area contributed by atoms with Crippen LogP contribution in [0.4, 0.5) is 4.79 Å². The maximum absolute atomic E-state index is 11.1. The normalized spacial score (nSPS) is 11.4. The van der Waals surface area contributed by atoms with Crippen molar-refractivity contribution in [1.29, 1.82) is 0 Å². The van der Waals surface area contributed by atoms with Crippen LogP contribution >= 0.6 is 0 Å². The second-order valence-corrected chi connectivity index (χ2v) is 3.20. The van der Waals surface area contributed by atoms with Gasteiger partial charge in [0.2, 0.25) is 0 Å². The molecule has 2 amide bonds. The lowest BCUT2D eigenvalue weighted by Gasteiger charge is -2.09. The third-order valence-corrected chi connectivity index (χ3v) is 1.83. The van der Waals surface area contributed by atoms with Crippen molar-refractivity contribution < 1.29 is 24.2 Å². The second kappa shape index (κ2) is 7.49. The summed E-state index contributed by atoms with van der Waals surface area (Å²) in [6, 6.07) is -0.503. The van der Waals surface area contributed by atoms with Gasteiger partial charge in [0, 0.05) is 13.1 Å². The zero-order chi connectivity index (χ0) is 12.6. The maximum Gasteiger partial charge on any atom is 0.314 e.